The second-order valence-corrected chi connectivity index (χ2v) is 3.23. The van der Waals surface area contributed by atoms with Crippen LogP contribution in [0, 0.1) is 0 Å². The summed E-state index contributed by atoms with van der Waals surface area (Å²) in [6.07, 6.45) is 4.51. The lowest BCUT2D eigenvalue weighted by Gasteiger charge is -2.14. The van der Waals surface area contributed by atoms with Crippen LogP contribution in [0.1, 0.15) is 19.8 Å². The highest BCUT2D eigenvalue weighted by Crippen LogP contribution is 2.18. The van der Waals surface area contributed by atoms with Gasteiger partial charge in [-0.1, -0.05) is 0 Å². The highest BCUT2D eigenvalue weighted by atomic mass is 15.2. The van der Waals surface area contributed by atoms with Crippen molar-refractivity contribution in [1.29, 1.82) is 0 Å². The van der Waals surface area contributed by atoms with Crippen LogP contribution in [0.5, 0.6) is 0 Å². The van der Waals surface area contributed by atoms with Crippen molar-refractivity contribution in [1.82, 2.24) is 10.6 Å². The van der Waals surface area contributed by atoms with E-state index in [1.165, 1.54) is 18.4 Å². The van der Waals surface area contributed by atoms with E-state index in [1.54, 1.807) is 0 Å². The molecule has 0 saturated heterocycles. The first-order valence-corrected chi connectivity index (χ1v) is 4.08. The summed E-state index contributed by atoms with van der Waals surface area (Å²) in [5, 5.41) is 6.52. The molecule has 2 aliphatic rings. The van der Waals surface area contributed by atoms with Crippen LogP contribution in [-0.2, 0) is 0 Å². The van der Waals surface area contributed by atoms with Crippen molar-refractivity contribution >= 4 is 5.96 Å². The molecular formula is C8H13N3. The highest BCUT2D eigenvalue weighted by Gasteiger charge is 2.22. The number of nitrogens with one attached hydrogen (secondary N) is 2. The van der Waals surface area contributed by atoms with Crippen LogP contribution < -0.4 is 10.6 Å². The van der Waals surface area contributed by atoms with Gasteiger partial charge >= 0.3 is 0 Å². The number of aliphatic imine (C=N–C) groups is 1. The Labute approximate surface area is 66.6 Å². The van der Waals surface area contributed by atoms with E-state index in [4.69, 9.17) is 0 Å². The van der Waals surface area contributed by atoms with Gasteiger partial charge in [-0.3, -0.25) is 0 Å². The molecule has 3 nitrogen and oxygen atoms in total. The molecule has 0 aromatic heterocycles. The van der Waals surface area contributed by atoms with Crippen LogP contribution in [0.25, 0.3) is 0 Å². The molecule has 0 atom stereocenters. The van der Waals surface area contributed by atoms with Crippen molar-refractivity contribution in [2.75, 3.05) is 6.54 Å². The maximum absolute atomic E-state index is 4.22. The van der Waals surface area contributed by atoms with Gasteiger partial charge in [0.25, 0.3) is 0 Å². The van der Waals surface area contributed by atoms with E-state index in [9.17, 15) is 0 Å². The van der Waals surface area contributed by atoms with Crippen molar-refractivity contribution in [2.24, 2.45) is 4.99 Å². The summed E-state index contributed by atoms with van der Waals surface area (Å²) in [5.74, 6) is 0.943. The van der Waals surface area contributed by atoms with Gasteiger partial charge in [-0.15, -0.1) is 0 Å². The zero-order valence-electron chi connectivity index (χ0n) is 6.72. The molecule has 1 heterocycles. The zero-order valence-corrected chi connectivity index (χ0v) is 6.72. The van der Waals surface area contributed by atoms with Crippen molar-refractivity contribution in [2.45, 2.75) is 25.8 Å². The van der Waals surface area contributed by atoms with Crippen LogP contribution in [0.2, 0.25) is 0 Å². The summed E-state index contributed by atoms with van der Waals surface area (Å²) in [4.78, 5) is 4.22. The Morgan fingerprint density at radius 1 is 1.64 bits per heavy atom. The second-order valence-electron chi connectivity index (χ2n) is 3.23. The molecule has 2 N–H and O–H groups in total. The maximum Gasteiger partial charge on any atom is 0.196 e. The summed E-state index contributed by atoms with van der Waals surface area (Å²) in [7, 11) is 0. The van der Waals surface area contributed by atoms with Gasteiger partial charge in [-0.25, -0.2) is 4.99 Å². The van der Waals surface area contributed by atoms with E-state index >= 15 is 0 Å². The molecule has 0 radical (unpaired) electrons. The van der Waals surface area contributed by atoms with Crippen molar-refractivity contribution in [3.8, 4) is 0 Å². The van der Waals surface area contributed by atoms with Crippen molar-refractivity contribution < 1.29 is 0 Å². The first kappa shape index (κ1) is 6.70. The lowest BCUT2D eigenvalue weighted by atomic mass is 10.3. The predicted molar refractivity (Wildman–Crippen MR) is 45.4 cm³/mol. The molecule has 1 fully saturated rings. The summed E-state index contributed by atoms with van der Waals surface area (Å²) in [6, 6.07) is 0.688. The number of guanidine groups is 1. The first-order valence-electron chi connectivity index (χ1n) is 4.08. The Bertz CT molecular complexity index is 213. The minimum absolute atomic E-state index is 0.688. The summed E-state index contributed by atoms with van der Waals surface area (Å²) in [6.45, 7) is 3.00. The van der Waals surface area contributed by atoms with Crippen molar-refractivity contribution in [3.63, 3.8) is 0 Å². The van der Waals surface area contributed by atoms with E-state index in [0.29, 0.717) is 6.04 Å². The number of hydrogen-bond acceptors (Lipinski definition) is 3. The van der Waals surface area contributed by atoms with Crippen LogP contribution >= 0.6 is 0 Å². The number of hydrogen-bond donors (Lipinski definition) is 2. The minimum atomic E-state index is 0.688. The van der Waals surface area contributed by atoms with E-state index in [0.717, 1.165) is 12.5 Å². The van der Waals surface area contributed by atoms with Gasteiger partial charge < -0.3 is 10.6 Å². The van der Waals surface area contributed by atoms with Gasteiger partial charge in [0.15, 0.2) is 5.96 Å². The number of rotatable bonds is 1. The molecule has 0 amide bonds. The largest absolute Gasteiger partial charge is 0.353 e. The molecule has 0 spiro atoms. The quantitative estimate of drug-likeness (QED) is 0.576. The van der Waals surface area contributed by atoms with Gasteiger partial charge in [-0.2, -0.15) is 0 Å². The lowest BCUT2D eigenvalue weighted by Crippen LogP contribution is -2.40. The third-order valence-electron chi connectivity index (χ3n) is 1.87. The molecule has 1 aliphatic carbocycles. The lowest BCUT2D eigenvalue weighted by molar-refractivity contribution is 0.820. The van der Waals surface area contributed by atoms with Gasteiger partial charge in [-0.05, 0) is 25.3 Å². The van der Waals surface area contributed by atoms with Crippen molar-refractivity contribution in [3.05, 3.63) is 11.8 Å². The van der Waals surface area contributed by atoms with Crippen LogP contribution in [0.4, 0.5) is 0 Å². The summed E-state index contributed by atoms with van der Waals surface area (Å²) >= 11 is 0. The molecule has 11 heavy (non-hydrogen) atoms. The van der Waals surface area contributed by atoms with Gasteiger partial charge in [0.1, 0.15) is 0 Å². The summed E-state index contributed by atoms with van der Waals surface area (Å²) in [5.41, 5.74) is 1.28. The Balaban J connectivity index is 1.92. The van der Waals surface area contributed by atoms with E-state index in [1.807, 2.05) is 6.20 Å². The Morgan fingerprint density at radius 3 is 3.00 bits per heavy atom. The minimum Gasteiger partial charge on any atom is -0.353 e. The third kappa shape index (κ3) is 1.73. The monoisotopic (exact) mass is 151 g/mol. The Hall–Kier alpha value is -0.990. The highest BCUT2D eigenvalue weighted by molar-refractivity contribution is 5.82. The molecule has 3 heteroatoms. The fourth-order valence-corrected chi connectivity index (χ4v) is 0.998. The average molecular weight is 151 g/mol. The molecule has 0 aromatic rings. The topological polar surface area (TPSA) is 36.4 Å². The fourth-order valence-electron chi connectivity index (χ4n) is 0.998. The average Bonchev–Trinajstić information content (AvgIpc) is 2.78. The van der Waals surface area contributed by atoms with Crippen LogP contribution in [-0.4, -0.2) is 18.5 Å². The van der Waals surface area contributed by atoms with Gasteiger partial charge in [0.05, 0.1) is 0 Å². The molecule has 0 unspecified atom stereocenters. The molecule has 1 aliphatic heterocycles. The van der Waals surface area contributed by atoms with Crippen LogP contribution in [0.3, 0.4) is 0 Å². The molecule has 60 valence electrons. The van der Waals surface area contributed by atoms with Gasteiger partial charge in [0.2, 0.25) is 0 Å². The Morgan fingerprint density at radius 2 is 2.45 bits per heavy atom. The summed E-state index contributed by atoms with van der Waals surface area (Å²) < 4.78 is 0. The fraction of sp³-hybridized carbons (Fsp3) is 0.625. The first-order chi connectivity index (χ1) is 5.34. The smallest absolute Gasteiger partial charge is 0.196 e. The normalized spacial score (nSPS) is 23.4. The maximum atomic E-state index is 4.22. The molecule has 0 aromatic carbocycles. The van der Waals surface area contributed by atoms with E-state index < -0.39 is 0 Å². The predicted octanol–water partition coefficient (Wildman–Crippen LogP) is 0.601. The molecule has 1 saturated carbocycles. The van der Waals surface area contributed by atoms with Crippen LogP contribution in [0.15, 0.2) is 16.8 Å². The molecule has 2 rings (SSSR count). The SMILES string of the molecule is CC1=CN=C(NC2CC2)NC1. The number of nitrogens with zero attached hydrogens (tertiary/aromatic N) is 1. The zero-order chi connectivity index (χ0) is 7.68. The Kier molecular flexibility index (Phi) is 1.56. The van der Waals surface area contributed by atoms with E-state index in [2.05, 4.69) is 22.5 Å². The second kappa shape index (κ2) is 2.57. The molecule has 0 bridgehead atoms. The third-order valence-corrected chi connectivity index (χ3v) is 1.87. The molecular weight excluding hydrogens is 138 g/mol. The van der Waals surface area contributed by atoms with Gasteiger partial charge in [0, 0.05) is 18.8 Å². The standard InChI is InChI=1S/C8H13N3/c1-6-4-9-8(10-5-6)11-7-2-3-7/h4,7H,2-3,5H2,1H3,(H2,9,10,11). The van der Waals surface area contributed by atoms with E-state index in [-0.39, 0.29) is 0 Å².